The maximum absolute atomic E-state index is 14.1. The molecule has 1 amide bonds. The zero-order chi connectivity index (χ0) is 22.7. The molecule has 0 bridgehead atoms. The highest BCUT2D eigenvalue weighted by Gasteiger charge is 2.34. The fourth-order valence-electron chi connectivity index (χ4n) is 3.50. The fraction of sp³-hybridized carbons (Fsp3) is 0.174. The Labute approximate surface area is 181 Å². The summed E-state index contributed by atoms with van der Waals surface area (Å²) in [6.07, 6.45) is 0.335. The Morgan fingerprint density at radius 2 is 1.91 bits per heavy atom. The smallest absolute Gasteiger partial charge is 0.384 e. The maximum atomic E-state index is 14.1. The number of aliphatic imine (C=N–C) groups is 1. The van der Waals surface area contributed by atoms with E-state index in [9.17, 15) is 22.4 Å². The van der Waals surface area contributed by atoms with Crippen molar-refractivity contribution < 1.29 is 22.4 Å². The van der Waals surface area contributed by atoms with Gasteiger partial charge in [0.1, 0.15) is 11.7 Å². The van der Waals surface area contributed by atoms with Crippen LogP contribution in [0, 0.1) is 5.82 Å². The van der Waals surface area contributed by atoms with Gasteiger partial charge in [0.05, 0.1) is 11.3 Å². The Morgan fingerprint density at radius 3 is 2.66 bits per heavy atom. The molecule has 2 N–H and O–H groups in total. The van der Waals surface area contributed by atoms with E-state index >= 15 is 0 Å². The SMILES string of the molecule is O=C1Nc2cccc(F)c2C1C=Nc1ccc(NCCc2ccncc2)c(C(F)(F)F)c1. The largest absolute Gasteiger partial charge is 0.418 e. The number of aromatic nitrogens is 1. The van der Waals surface area contributed by atoms with E-state index in [1.54, 1.807) is 30.6 Å². The molecule has 1 atom stereocenters. The van der Waals surface area contributed by atoms with Gasteiger partial charge in [0.25, 0.3) is 0 Å². The number of rotatable bonds is 6. The molecule has 0 saturated carbocycles. The lowest BCUT2D eigenvalue weighted by atomic mass is 10.0. The lowest BCUT2D eigenvalue weighted by molar-refractivity contribution is -0.137. The molecule has 1 aliphatic rings. The van der Waals surface area contributed by atoms with Gasteiger partial charge in [-0.2, -0.15) is 13.2 Å². The number of anilines is 2. The summed E-state index contributed by atoms with van der Waals surface area (Å²) in [4.78, 5) is 20.1. The molecule has 0 spiro atoms. The molecule has 0 aliphatic carbocycles. The third kappa shape index (κ3) is 4.61. The molecule has 0 fully saturated rings. The lowest BCUT2D eigenvalue weighted by Gasteiger charge is -2.15. The van der Waals surface area contributed by atoms with Gasteiger partial charge in [0.2, 0.25) is 5.91 Å². The third-order valence-electron chi connectivity index (χ3n) is 5.06. The second-order valence-corrected chi connectivity index (χ2v) is 7.21. The van der Waals surface area contributed by atoms with Crippen LogP contribution in [-0.2, 0) is 17.4 Å². The van der Waals surface area contributed by atoms with E-state index in [0.29, 0.717) is 18.7 Å². The molecule has 164 valence electrons. The third-order valence-corrected chi connectivity index (χ3v) is 5.06. The minimum Gasteiger partial charge on any atom is -0.384 e. The number of alkyl halides is 3. The van der Waals surface area contributed by atoms with E-state index < -0.39 is 29.4 Å². The van der Waals surface area contributed by atoms with E-state index in [-0.39, 0.29) is 16.9 Å². The number of hydrogen-bond donors (Lipinski definition) is 2. The number of pyridine rings is 1. The second-order valence-electron chi connectivity index (χ2n) is 7.21. The molecule has 0 saturated heterocycles. The number of amides is 1. The number of hydrogen-bond acceptors (Lipinski definition) is 4. The van der Waals surface area contributed by atoms with Crippen molar-refractivity contribution >= 4 is 29.2 Å². The zero-order valence-electron chi connectivity index (χ0n) is 16.7. The molecule has 3 aromatic rings. The summed E-state index contributed by atoms with van der Waals surface area (Å²) in [5.41, 5.74) is 0.479. The first-order valence-electron chi connectivity index (χ1n) is 9.80. The highest BCUT2D eigenvalue weighted by molar-refractivity contribution is 6.12. The Morgan fingerprint density at radius 1 is 1.12 bits per heavy atom. The molecular weight excluding hydrogens is 424 g/mol. The molecule has 4 rings (SSSR count). The fourth-order valence-corrected chi connectivity index (χ4v) is 3.50. The van der Waals surface area contributed by atoms with Gasteiger partial charge in [-0.15, -0.1) is 0 Å². The van der Waals surface area contributed by atoms with Crippen molar-refractivity contribution in [3.05, 3.63) is 83.4 Å². The molecule has 32 heavy (non-hydrogen) atoms. The molecular formula is C23H18F4N4O. The second kappa shape index (κ2) is 8.78. The van der Waals surface area contributed by atoms with Gasteiger partial charge in [0, 0.05) is 42.1 Å². The van der Waals surface area contributed by atoms with Crippen LogP contribution in [0.3, 0.4) is 0 Å². The first-order valence-corrected chi connectivity index (χ1v) is 9.80. The summed E-state index contributed by atoms with van der Waals surface area (Å²) in [6.45, 7) is 0.300. The van der Waals surface area contributed by atoms with Gasteiger partial charge in [-0.25, -0.2) is 4.39 Å². The van der Waals surface area contributed by atoms with Crippen LogP contribution in [-0.4, -0.2) is 23.7 Å². The lowest BCUT2D eigenvalue weighted by Crippen LogP contribution is -2.14. The average molecular weight is 442 g/mol. The molecule has 1 aromatic heterocycles. The number of benzene rings is 2. The maximum Gasteiger partial charge on any atom is 0.418 e. The van der Waals surface area contributed by atoms with Crippen LogP contribution in [0.1, 0.15) is 22.6 Å². The van der Waals surface area contributed by atoms with Gasteiger partial charge < -0.3 is 10.6 Å². The van der Waals surface area contributed by atoms with E-state index in [4.69, 9.17) is 0 Å². The zero-order valence-corrected chi connectivity index (χ0v) is 16.7. The Kier molecular flexibility index (Phi) is 5.89. The summed E-state index contributed by atoms with van der Waals surface area (Å²) in [6, 6.07) is 11.4. The normalized spacial score (nSPS) is 15.6. The predicted octanol–water partition coefficient (Wildman–Crippen LogP) is 5.33. The summed E-state index contributed by atoms with van der Waals surface area (Å²) in [5, 5.41) is 5.36. The topological polar surface area (TPSA) is 66.4 Å². The van der Waals surface area contributed by atoms with E-state index in [1.165, 1.54) is 24.3 Å². The number of nitrogens with zero attached hydrogens (tertiary/aromatic N) is 2. The molecule has 5 nitrogen and oxygen atoms in total. The number of carbonyl (C=O) groups is 1. The molecule has 1 aliphatic heterocycles. The summed E-state index contributed by atoms with van der Waals surface area (Å²) >= 11 is 0. The van der Waals surface area contributed by atoms with Crippen molar-refractivity contribution in [2.24, 2.45) is 4.99 Å². The first-order chi connectivity index (χ1) is 15.3. The van der Waals surface area contributed by atoms with Crippen molar-refractivity contribution in [1.29, 1.82) is 0 Å². The molecule has 1 unspecified atom stereocenters. The van der Waals surface area contributed by atoms with Gasteiger partial charge in [0.15, 0.2) is 0 Å². The van der Waals surface area contributed by atoms with Gasteiger partial charge in [-0.1, -0.05) is 6.07 Å². The molecule has 9 heteroatoms. The van der Waals surface area contributed by atoms with Crippen LogP contribution in [0.4, 0.5) is 34.6 Å². The summed E-state index contributed by atoms with van der Waals surface area (Å²) in [5.74, 6) is -2.08. The van der Waals surface area contributed by atoms with E-state index in [0.717, 1.165) is 17.8 Å². The van der Waals surface area contributed by atoms with Gasteiger partial charge in [-0.3, -0.25) is 14.8 Å². The number of nitrogens with one attached hydrogen (secondary N) is 2. The van der Waals surface area contributed by atoms with Crippen molar-refractivity contribution in [3.63, 3.8) is 0 Å². The van der Waals surface area contributed by atoms with Crippen molar-refractivity contribution in [3.8, 4) is 0 Å². The predicted molar refractivity (Wildman–Crippen MR) is 114 cm³/mol. The van der Waals surface area contributed by atoms with Crippen LogP contribution in [0.2, 0.25) is 0 Å². The Hall–Kier alpha value is -3.75. The van der Waals surface area contributed by atoms with Crippen LogP contribution in [0.15, 0.2) is 65.9 Å². The quantitative estimate of drug-likeness (QED) is 0.401. The molecule has 2 aromatic carbocycles. The minimum absolute atomic E-state index is 0.00889. The molecule has 0 radical (unpaired) electrons. The number of halogens is 4. The number of carbonyl (C=O) groups excluding carboxylic acids is 1. The summed E-state index contributed by atoms with van der Waals surface area (Å²) in [7, 11) is 0. The van der Waals surface area contributed by atoms with E-state index in [2.05, 4.69) is 20.6 Å². The van der Waals surface area contributed by atoms with Crippen molar-refractivity contribution in [2.45, 2.75) is 18.5 Å². The van der Waals surface area contributed by atoms with Crippen molar-refractivity contribution in [2.75, 3.05) is 17.2 Å². The Balaban J connectivity index is 1.54. The standard InChI is InChI=1S/C23H18F4N4O/c24-18-2-1-3-20-21(18)16(22(32)31-20)13-30-15-4-5-19(17(12-15)23(25,26)27)29-11-8-14-6-9-28-10-7-14/h1-7,9-10,12-13,16,29H,8,11H2,(H,31,32). The molecule has 2 heterocycles. The van der Waals surface area contributed by atoms with E-state index in [1.807, 2.05) is 0 Å². The van der Waals surface area contributed by atoms with Gasteiger partial charge >= 0.3 is 6.18 Å². The number of fused-ring (bicyclic) bond motifs is 1. The Bertz CT molecular complexity index is 1160. The minimum atomic E-state index is -4.60. The van der Waals surface area contributed by atoms with Crippen LogP contribution in [0.25, 0.3) is 0 Å². The first kappa shape index (κ1) is 21.5. The van der Waals surface area contributed by atoms with Crippen molar-refractivity contribution in [1.82, 2.24) is 4.98 Å². The van der Waals surface area contributed by atoms with Crippen LogP contribution < -0.4 is 10.6 Å². The highest BCUT2D eigenvalue weighted by Crippen LogP contribution is 2.38. The monoisotopic (exact) mass is 442 g/mol. The van der Waals surface area contributed by atoms with Gasteiger partial charge in [-0.05, 0) is 54.4 Å². The summed E-state index contributed by atoms with van der Waals surface area (Å²) < 4.78 is 55.0. The van der Waals surface area contributed by atoms with Crippen LogP contribution >= 0.6 is 0 Å². The van der Waals surface area contributed by atoms with Crippen LogP contribution in [0.5, 0.6) is 0 Å². The highest BCUT2D eigenvalue weighted by atomic mass is 19.4. The average Bonchev–Trinajstić information content (AvgIpc) is 3.09.